The predicted molar refractivity (Wildman–Crippen MR) is 122 cm³/mol. The molecular formula is C25H26N2O4. The van der Waals surface area contributed by atoms with E-state index in [4.69, 9.17) is 14.3 Å². The molecule has 0 atom stereocenters. The molecule has 0 spiro atoms. The third-order valence-electron chi connectivity index (χ3n) is 4.51. The number of ether oxygens (including phenoxy) is 2. The summed E-state index contributed by atoms with van der Waals surface area (Å²) in [5, 5.41) is 6.61. The number of carbonyl (C=O) groups is 1. The minimum absolute atomic E-state index is 0.181. The van der Waals surface area contributed by atoms with Crippen LogP contribution in [0.5, 0.6) is 11.5 Å². The van der Waals surface area contributed by atoms with E-state index in [1.807, 2.05) is 62.4 Å². The highest BCUT2D eigenvalue weighted by molar-refractivity contribution is 5.91. The topological polar surface area (TPSA) is 69.2 Å². The summed E-state index contributed by atoms with van der Waals surface area (Å²) in [6.45, 7) is 4.30. The quantitative estimate of drug-likeness (QED) is 0.397. The minimum atomic E-state index is -0.279. The van der Waals surface area contributed by atoms with E-state index in [1.54, 1.807) is 13.2 Å². The van der Waals surface area contributed by atoms with Gasteiger partial charge in [-0.2, -0.15) is 0 Å². The third kappa shape index (κ3) is 6.89. The molecule has 160 valence electrons. The number of carbonyl (C=O) groups excluding carboxylic acids is 1. The fourth-order valence-corrected chi connectivity index (χ4v) is 2.76. The Morgan fingerprint density at radius 1 is 0.935 bits per heavy atom. The van der Waals surface area contributed by atoms with Crippen LogP contribution in [0.3, 0.4) is 0 Å². The van der Waals surface area contributed by atoms with E-state index in [0.29, 0.717) is 23.8 Å². The Balaban J connectivity index is 1.50. The Labute approximate surface area is 182 Å². The van der Waals surface area contributed by atoms with Crippen molar-refractivity contribution in [2.24, 2.45) is 5.16 Å². The summed E-state index contributed by atoms with van der Waals surface area (Å²) in [6.07, 6.45) is 1.52. The number of oxime groups is 1. The molecule has 0 fully saturated rings. The van der Waals surface area contributed by atoms with E-state index in [2.05, 4.69) is 22.6 Å². The fraction of sp³-hybridized carbons (Fsp3) is 0.200. The van der Waals surface area contributed by atoms with Crippen LogP contribution in [-0.2, 0) is 16.2 Å². The van der Waals surface area contributed by atoms with Crippen LogP contribution >= 0.6 is 0 Å². The zero-order valence-electron chi connectivity index (χ0n) is 17.9. The van der Waals surface area contributed by atoms with E-state index in [9.17, 15) is 4.79 Å². The number of nitrogens with one attached hydrogen (secondary N) is 1. The molecular weight excluding hydrogens is 392 g/mol. The SMILES string of the molecule is COc1cc(/C=N/OCC(=O)Nc2ccc(C)cc2)ccc1OCc1ccc(C)cc1. The van der Waals surface area contributed by atoms with Gasteiger partial charge in [0, 0.05) is 11.3 Å². The molecule has 0 aromatic heterocycles. The van der Waals surface area contributed by atoms with Crippen LogP contribution in [0.15, 0.2) is 71.9 Å². The first kappa shape index (κ1) is 21.9. The molecule has 1 amide bonds. The van der Waals surface area contributed by atoms with Crippen LogP contribution in [0.2, 0.25) is 0 Å². The zero-order chi connectivity index (χ0) is 22.1. The van der Waals surface area contributed by atoms with Gasteiger partial charge in [0.25, 0.3) is 5.91 Å². The highest BCUT2D eigenvalue weighted by Gasteiger charge is 2.06. The first-order valence-electron chi connectivity index (χ1n) is 9.92. The largest absolute Gasteiger partial charge is 0.493 e. The van der Waals surface area contributed by atoms with E-state index in [0.717, 1.165) is 16.7 Å². The number of nitrogens with zero attached hydrogens (tertiary/aromatic N) is 1. The molecule has 0 radical (unpaired) electrons. The number of methoxy groups -OCH3 is 1. The Morgan fingerprint density at radius 3 is 2.29 bits per heavy atom. The van der Waals surface area contributed by atoms with Gasteiger partial charge < -0.3 is 19.6 Å². The van der Waals surface area contributed by atoms with Crippen molar-refractivity contribution in [1.29, 1.82) is 0 Å². The summed E-state index contributed by atoms with van der Waals surface area (Å²) in [7, 11) is 1.58. The number of anilines is 1. The van der Waals surface area contributed by atoms with Crippen LogP contribution in [0.4, 0.5) is 5.69 Å². The van der Waals surface area contributed by atoms with Crippen LogP contribution in [0, 0.1) is 13.8 Å². The molecule has 1 N–H and O–H groups in total. The van der Waals surface area contributed by atoms with Crippen molar-refractivity contribution in [2.75, 3.05) is 19.0 Å². The number of hydrogen-bond acceptors (Lipinski definition) is 5. The molecule has 31 heavy (non-hydrogen) atoms. The summed E-state index contributed by atoms with van der Waals surface area (Å²) in [4.78, 5) is 17.0. The molecule has 0 aliphatic heterocycles. The maximum atomic E-state index is 11.9. The van der Waals surface area contributed by atoms with Gasteiger partial charge in [0.05, 0.1) is 13.3 Å². The van der Waals surface area contributed by atoms with Crippen LogP contribution in [0.1, 0.15) is 22.3 Å². The standard InChI is InChI=1S/C25H26N2O4/c1-18-4-8-20(9-5-18)16-30-23-13-10-21(14-24(23)29-3)15-26-31-17-25(28)27-22-11-6-19(2)7-12-22/h4-15H,16-17H2,1-3H3,(H,27,28)/b26-15+. The lowest BCUT2D eigenvalue weighted by Gasteiger charge is -2.11. The highest BCUT2D eigenvalue weighted by Crippen LogP contribution is 2.28. The van der Waals surface area contributed by atoms with Gasteiger partial charge in [-0.15, -0.1) is 0 Å². The summed E-state index contributed by atoms with van der Waals surface area (Å²) in [5.41, 5.74) is 4.89. The Bertz CT molecular complexity index is 1030. The van der Waals surface area contributed by atoms with E-state index >= 15 is 0 Å². The molecule has 3 rings (SSSR count). The summed E-state index contributed by atoms with van der Waals surface area (Å²) in [6, 6.07) is 21.2. The molecule has 0 bridgehead atoms. The smallest absolute Gasteiger partial charge is 0.265 e. The summed E-state index contributed by atoms with van der Waals surface area (Å²) < 4.78 is 11.3. The zero-order valence-corrected chi connectivity index (χ0v) is 17.9. The Hall–Kier alpha value is -3.80. The second kappa shape index (κ2) is 10.8. The van der Waals surface area contributed by atoms with Gasteiger partial charge in [0.1, 0.15) is 6.61 Å². The van der Waals surface area contributed by atoms with Crippen LogP contribution in [-0.4, -0.2) is 25.8 Å². The van der Waals surface area contributed by atoms with Gasteiger partial charge in [-0.3, -0.25) is 4.79 Å². The predicted octanol–water partition coefficient (Wildman–Crippen LogP) is 4.88. The maximum absolute atomic E-state index is 11.9. The average molecular weight is 418 g/mol. The van der Waals surface area contributed by atoms with Gasteiger partial charge in [0.2, 0.25) is 0 Å². The molecule has 6 nitrogen and oxygen atoms in total. The monoisotopic (exact) mass is 418 g/mol. The molecule has 0 aliphatic rings. The second-order valence-corrected chi connectivity index (χ2v) is 7.11. The molecule has 3 aromatic carbocycles. The van der Waals surface area contributed by atoms with Crippen molar-refractivity contribution in [1.82, 2.24) is 0 Å². The van der Waals surface area contributed by atoms with E-state index < -0.39 is 0 Å². The van der Waals surface area contributed by atoms with Crippen molar-refractivity contribution in [2.45, 2.75) is 20.5 Å². The fourth-order valence-electron chi connectivity index (χ4n) is 2.76. The minimum Gasteiger partial charge on any atom is -0.493 e. The first-order chi connectivity index (χ1) is 15.0. The van der Waals surface area contributed by atoms with Crippen molar-refractivity contribution < 1.29 is 19.1 Å². The number of aryl methyl sites for hydroxylation is 2. The molecule has 0 heterocycles. The van der Waals surface area contributed by atoms with Crippen LogP contribution < -0.4 is 14.8 Å². The van der Waals surface area contributed by atoms with Gasteiger partial charge in [-0.05, 0) is 49.7 Å². The molecule has 0 saturated heterocycles. The number of benzene rings is 3. The number of rotatable bonds is 9. The lowest BCUT2D eigenvalue weighted by molar-refractivity contribution is -0.120. The Morgan fingerprint density at radius 2 is 1.61 bits per heavy atom. The number of hydrogen-bond donors (Lipinski definition) is 1. The molecule has 6 heteroatoms. The molecule has 0 unspecified atom stereocenters. The number of amides is 1. The summed E-state index contributed by atoms with van der Waals surface area (Å²) in [5.74, 6) is 0.949. The van der Waals surface area contributed by atoms with Crippen molar-refractivity contribution in [3.05, 3.63) is 89.0 Å². The highest BCUT2D eigenvalue weighted by atomic mass is 16.6. The van der Waals surface area contributed by atoms with Gasteiger partial charge in [0.15, 0.2) is 18.1 Å². The van der Waals surface area contributed by atoms with Crippen molar-refractivity contribution in [3.8, 4) is 11.5 Å². The molecule has 3 aromatic rings. The van der Waals surface area contributed by atoms with Gasteiger partial charge in [-0.1, -0.05) is 52.7 Å². The average Bonchev–Trinajstić information content (AvgIpc) is 2.78. The second-order valence-electron chi connectivity index (χ2n) is 7.11. The summed E-state index contributed by atoms with van der Waals surface area (Å²) >= 11 is 0. The van der Waals surface area contributed by atoms with Crippen molar-refractivity contribution >= 4 is 17.8 Å². The van der Waals surface area contributed by atoms with Gasteiger partial charge in [-0.25, -0.2) is 0 Å². The normalized spacial score (nSPS) is 10.7. The lowest BCUT2D eigenvalue weighted by atomic mass is 10.2. The molecule has 0 saturated carbocycles. The maximum Gasteiger partial charge on any atom is 0.265 e. The molecule has 0 aliphatic carbocycles. The van der Waals surface area contributed by atoms with Crippen molar-refractivity contribution in [3.63, 3.8) is 0 Å². The van der Waals surface area contributed by atoms with Gasteiger partial charge >= 0.3 is 0 Å². The third-order valence-corrected chi connectivity index (χ3v) is 4.51. The first-order valence-corrected chi connectivity index (χ1v) is 9.92. The van der Waals surface area contributed by atoms with Crippen LogP contribution in [0.25, 0.3) is 0 Å². The lowest BCUT2D eigenvalue weighted by Crippen LogP contribution is -2.16. The van der Waals surface area contributed by atoms with E-state index in [-0.39, 0.29) is 12.5 Å². The Kier molecular flexibility index (Phi) is 7.65. The van der Waals surface area contributed by atoms with E-state index in [1.165, 1.54) is 11.8 Å².